The Morgan fingerprint density at radius 1 is 1.30 bits per heavy atom. The van der Waals surface area contributed by atoms with Crippen molar-refractivity contribution in [1.82, 2.24) is 4.72 Å². The van der Waals surface area contributed by atoms with Crippen LogP contribution in [0.2, 0.25) is 0 Å². The van der Waals surface area contributed by atoms with Crippen molar-refractivity contribution < 1.29 is 17.9 Å². The van der Waals surface area contributed by atoms with Gasteiger partial charge in [-0.15, -0.1) is 11.3 Å². The van der Waals surface area contributed by atoms with E-state index in [0.717, 1.165) is 16.9 Å². The van der Waals surface area contributed by atoms with E-state index in [1.54, 1.807) is 6.92 Å². The average Bonchev–Trinajstić information content (AvgIpc) is 2.80. The van der Waals surface area contributed by atoms with Crippen LogP contribution in [-0.4, -0.2) is 13.5 Å². The van der Waals surface area contributed by atoms with E-state index in [4.69, 9.17) is 5.11 Å². The number of sulfonamides is 1. The van der Waals surface area contributed by atoms with Gasteiger partial charge >= 0.3 is 0 Å². The third kappa shape index (κ3) is 3.43. The van der Waals surface area contributed by atoms with Crippen LogP contribution in [0.3, 0.4) is 0 Å². The molecule has 1 heterocycles. The Bertz CT molecular complexity index is 693. The SMILES string of the molecule is Cc1cc(S(=O)(=O)NCc2ccc(F)cc2)sc1CO. The normalized spacial score (nSPS) is 11.8. The highest BCUT2D eigenvalue weighted by Gasteiger charge is 2.18. The van der Waals surface area contributed by atoms with Gasteiger partial charge in [0.2, 0.25) is 10.0 Å². The summed E-state index contributed by atoms with van der Waals surface area (Å²) >= 11 is 1.04. The number of thiophene rings is 1. The Kier molecular flexibility index (Phi) is 4.54. The quantitative estimate of drug-likeness (QED) is 0.888. The van der Waals surface area contributed by atoms with Crippen molar-refractivity contribution in [1.29, 1.82) is 0 Å². The Morgan fingerprint density at radius 3 is 2.50 bits per heavy atom. The predicted molar refractivity (Wildman–Crippen MR) is 75.4 cm³/mol. The summed E-state index contributed by atoms with van der Waals surface area (Å²) in [6, 6.07) is 7.14. The van der Waals surface area contributed by atoms with E-state index in [1.807, 2.05) is 0 Å². The third-order valence-corrected chi connectivity index (χ3v) is 5.88. The number of nitrogens with one attached hydrogen (secondary N) is 1. The molecule has 0 aliphatic rings. The molecule has 1 aromatic heterocycles. The van der Waals surface area contributed by atoms with Crippen molar-refractivity contribution >= 4 is 21.4 Å². The lowest BCUT2D eigenvalue weighted by molar-refractivity contribution is 0.285. The van der Waals surface area contributed by atoms with Crippen LogP contribution in [0.25, 0.3) is 0 Å². The molecule has 0 aliphatic heterocycles. The van der Waals surface area contributed by atoms with E-state index < -0.39 is 10.0 Å². The third-order valence-electron chi connectivity index (χ3n) is 2.79. The second-order valence-corrected chi connectivity index (χ2v) is 7.41. The van der Waals surface area contributed by atoms with E-state index in [9.17, 15) is 12.8 Å². The highest BCUT2D eigenvalue weighted by Crippen LogP contribution is 2.25. The zero-order chi connectivity index (χ0) is 14.8. The van der Waals surface area contributed by atoms with E-state index in [-0.39, 0.29) is 23.2 Å². The molecule has 0 unspecified atom stereocenters. The largest absolute Gasteiger partial charge is 0.391 e. The van der Waals surface area contributed by atoms with Gasteiger partial charge in [-0.2, -0.15) is 0 Å². The molecule has 2 N–H and O–H groups in total. The summed E-state index contributed by atoms with van der Waals surface area (Å²) in [6.45, 7) is 1.67. The molecule has 0 aliphatic carbocycles. The number of aliphatic hydroxyl groups is 1. The average molecular weight is 315 g/mol. The number of rotatable bonds is 5. The Labute approximate surface area is 120 Å². The van der Waals surface area contributed by atoms with Crippen molar-refractivity contribution in [2.45, 2.75) is 24.3 Å². The summed E-state index contributed by atoms with van der Waals surface area (Å²) in [4.78, 5) is 0.632. The van der Waals surface area contributed by atoms with Crippen LogP contribution in [0.4, 0.5) is 4.39 Å². The first-order valence-corrected chi connectivity index (χ1v) is 8.16. The van der Waals surface area contributed by atoms with Crippen molar-refractivity contribution in [2.75, 3.05) is 0 Å². The van der Waals surface area contributed by atoms with Crippen LogP contribution < -0.4 is 4.72 Å². The predicted octanol–water partition coefficient (Wildman–Crippen LogP) is 2.17. The fourth-order valence-electron chi connectivity index (χ4n) is 1.63. The van der Waals surface area contributed by atoms with Crippen LogP contribution in [0.15, 0.2) is 34.5 Å². The van der Waals surface area contributed by atoms with Crippen molar-refractivity contribution in [3.05, 3.63) is 52.2 Å². The van der Waals surface area contributed by atoms with Gasteiger partial charge in [-0.1, -0.05) is 12.1 Å². The molecular weight excluding hydrogens is 301 g/mol. The first-order chi connectivity index (χ1) is 9.42. The Balaban J connectivity index is 2.12. The van der Waals surface area contributed by atoms with Gasteiger partial charge in [0.1, 0.15) is 10.0 Å². The van der Waals surface area contributed by atoms with E-state index in [2.05, 4.69) is 4.72 Å². The Hall–Kier alpha value is -1.28. The molecule has 0 saturated heterocycles. The van der Waals surface area contributed by atoms with Gasteiger partial charge in [0.05, 0.1) is 6.61 Å². The molecule has 2 rings (SSSR count). The summed E-state index contributed by atoms with van der Waals surface area (Å²) < 4.78 is 39.6. The van der Waals surface area contributed by atoms with Crippen LogP contribution in [0, 0.1) is 12.7 Å². The molecule has 0 bridgehead atoms. The molecule has 0 saturated carbocycles. The van der Waals surface area contributed by atoms with Gasteiger partial charge in [0.25, 0.3) is 0 Å². The number of hydrogen-bond acceptors (Lipinski definition) is 4. The molecule has 7 heteroatoms. The van der Waals surface area contributed by atoms with Gasteiger partial charge in [-0.05, 0) is 36.2 Å². The summed E-state index contributed by atoms with van der Waals surface area (Å²) in [5.41, 5.74) is 1.42. The number of halogens is 1. The molecular formula is C13H14FNO3S2. The standard InChI is InChI=1S/C13H14FNO3S2/c1-9-6-13(19-12(9)8-16)20(17,18)15-7-10-2-4-11(14)5-3-10/h2-6,15-16H,7-8H2,1H3. The van der Waals surface area contributed by atoms with Gasteiger partial charge in [-0.3, -0.25) is 0 Å². The summed E-state index contributed by atoms with van der Waals surface area (Å²) in [5.74, 6) is -0.363. The maximum absolute atomic E-state index is 12.8. The minimum Gasteiger partial charge on any atom is -0.391 e. The molecule has 0 amide bonds. The Morgan fingerprint density at radius 2 is 1.95 bits per heavy atom. The summed E-state index contributed by atoms with van der Waals surface area (Å²) in [7, 11) is -3.62. The molecule has 4 nitrogen and oxygen atoms in total. The molecule has 108 valence electrons. The zero-order valence-corrected chi connectivity index (χ0v) is 12.4. The molecule has 0 fully saturated rings. The molecule has 20 heavy (non-hydrogen) atoms. The molecule has 0 atom stereocenters. The van der Waals surface area contributed by atoms with Gasteiger partial charge in [-0.25, -0.2) is 17.5 Å². The van der Waals surface area contributed by atoms with Gasteiger partial charge in [0.15, 0.2) is 0 Å². The summed E-state index contributed by atoms with van der Waals surface area (Å²) in [5, 5.41) is 9.09. The fourth-order valence-corrected chi connectivity index (χ4v) is 4.14. The molecule has 0 spiro atoms. The topological polar surface area (TPSA) is 66.4 Å². The van der Waals surface area contributed by atoms with Crippen molar-refractivity contribution in [3.8, 4) is 0 Å². The lowest BCUT2D eigenvalue weighted by Crippen LogP contribution is -2.22. The van der Waals surface area contributed by atoms with Crippen LogP contribution in [0.5, 0.6) is 0 Å². The number of aliphatic hydroxyl groups excluding tert-OH is 1. The molecule has 1 aromatic carbocycles. The minimum absolute atomic E-state index is 0.0913. The van der Waals surface area contributed by atoms with Crippen LogP contribution >= 0.6 is 11.3 Å². The molecule has 0 radical (unpaired) electrons. The highest BCUT2D eigenvalue weighted by atomic mass is 32.2. The smallest absolute Gasteiger partial charge is 0.250 e. The van der Waals surface area contributed by atoms with Crippen LogP contribution in [-0.2, 0) is 23.2 Å². The van der Waals surface area contributed by atoms with E-state index >= 15 is 0 Å². The maximum atomic E-state index is 12.8. The highest BCUT2D eigenvalue weighted by molar-refractivity contribution is 7.91. The monoisotopic (exact) mass is 315 g/mol. The first kappa shape index (κ1) is 15.1. The van der Waals surface area contributed by atoms with Crippen LogP contribution in [0.1, 0.15) is 16.0 Å². The number of hydrogen-bond donors (Lipinski definition) is 2. The zero-order valence-electron chi connectivity index (χ0n) is 10.8. The lowest BCUT2D eigenvalue weighted by atomic mass is 10.2. The van der Waals surface area contributed by atoms with Gasteiger partial charge in [0, 0.05) is 11.4 Å². The molecule has 2 aromatic rings. The second kappa shape index (κ2) is 6.01. The van der Waals surface area contributed by atoms with Gasteiger partial charge < -0.3 is 5.11 Å². The fraction of sp³-hybridized carbons (Fsp3) is 0.231. The van der Waals surface area contributed by atoms with E-state index in [1.165, 1.54) is 30.3 Å². The first-order valence-electron chi connectivity index (χ1n) is 5.86. The summed E-state index contributed by atoms with van der Waals surface area (Å²) in [6.07, 6.45) is 0. The number of benzene rings is 1. The lowest BCUT2D eigenvalue weighted by Gasteiger charge is -2.04. The van der Waals surface area contributed by atoms with E-state index in [0.29, 0.717) is 10.4 Å². The van der Waals surface area contributed by atoms with Crippen molar-refractivity contribution in [2.24, 2.45) is 0 Å². The minimum atomic E-state index is -3.62. The number of aryl methyl sites for hydroxylation is 1. The second-order valence-electron chi connectivity index (χ2n) is 4.28. The maximum Gasteiger partial charge on any atom is 0.250 e. The van der Waals surface area contributed by atoms with Crippen molar-refractivity contribution in [3.63, 3.8) is 0 Å².